The van der Waals surface area contributed by atoms with E-state index >= 15 is 0 Å². The van der Waals surface area contributed by atoms with Crippen LogP contribution in [0.25, 0.3) is 0 Å². The van der Waals surface area contributed by atoms with Crippen molar-refractivity contribution in [1.29, 1.82) is 0 Å². The van der Waals surface area contributed by atoms with Gasteiger partial charge in [-0.15, -0.1) is 0 Å². The number of rotatable bonds is 7. The normalized spacial score (nSPS) is 25.4. The van der Waals surface area contributed by atoms with Crippen LogP contribution in [-0.2, 0) is 9.53 Å². The molecule has 4 bridgehead atoms. The Morgan fingerprint density at radius 3 is 1.51 bits per heavy atom. The topological polar surface area (TPSA) is 127 Å². The van der Waals surface area contributed by atoms with E-state index in [9.17, 15) is 30.3 Å². The number of benzene rings is 2. The molecule has 0 saturated carbocycles. The summed E-state index contributed by atoms with van der Waals surface area (Å²) in [6, 6.07) is 6.58. The van der Waals surface area contributed by atoms with Crippen molar-refractivity contribution in [1.82, 2.24) is 0 Å². The summed E-state index contributed by atoms with van der Waals surface area (Å²) in [6.07, 6.45) is 10.7. The van der Waals surface area contributed by atoms with Gasteiger partial charge in [0.25, 0.3) is 0 Å². The number of hydrogen-bond donors (Lipinski definition) is 5. The molecule has 252 valence electrons. The summed E-state index contributed by atoms with van der Waals surface area (Å²) in [5, 5.41) is 55.9. The van der Waals surface area contributed by atoms with Gasteiger partial charge in [0.2, 0.25) is 0 Å². The first kappa shape index (κ1) is 36.5. The Bertz CT molecular complexity index is 1180. The third-order valence-electron chi connectivity index (χ3n) is 9.89. The molecule has 0 spiro atoms. The fraction of sp³-hybridized carbons (Fsp3) is 0.658. The van der Waals surface area contributed by atoms with E-state index in [-0.39, 0.29) is 46.7 Å². The van der Waals surface area contributed by atoms with Gasteiger partial charge in [-0.3, -0.25) is 4.79 Å². The molecule has 0 radical (unpaired) electrons. The number of phenolic OH excluding ortho intramolecular Hbond substituents is 4. The van der Waals surface area contributed by atoms with Crippen LogP contribution < -0.4 is 0 Å². The maximum Gasteiger partial charge on any atom is 0.303 e. The molecule has 0 heterocycles. The quantitative estimate of drug-likeness (QED) is 0.194. The third-order valence-corrected chi connectivity index (χ3v) is 9.89. The zero-order valence-corrected chi connectivity index (χ0v) is 28.2. The Hall–Kier alpha value is -2.93. The molecule has 2 aromatic rings. The van der Waals surface area contributed by atoms with Crippen LogP contribution in [0.5, 0.6) is 23.0 Å². The van der Waals surface area contributed by atoms with Crippen molar-refractivity contribution < 1.29 is 35.1 Å². The van der Waals surface area contributed by atoms with Crippen LogP contribution >= 0.6 is 0 Å². The third kappa shape index (κ3) is 10.0. The molecule has 4 aliphatic rings. The minimum absolute atomic E-state index is 0.0203. The van der Waals surface area contributed by atoms with Gasteiger partial charge >= 0.3 is 5.97 Å². The molecule has 0 aliphatic heterocycles. The summed E-state index contributed by atoms with van der Waals surface area (Å²) in [4.78, 5) is 12.1. The summed E-state index contributed by atoms with van der Waals surface area (Å²) >= 11 is 0. The summed E-state index contributed by atoms with van der Waals surface area (Å²) in [6.45, 7) is 9.64. The number of carbonyl (C=O) groups excluding carboxylic acids is 1. The van der Waals surface area contributed by atoms with Crippen LogP contribution in [-0.4, -0.2) is 31.5 Å². The van der Waals surface area contributed by atoms with Crippen molar-refractivity contribution in [2.45, 2.75) is 149 Å². The van der Waals surface area contributed by atoms with E-state index < -0.39 is 18.2 Å². The maximum absolute atomic E-state index is 12.1. The SMILES string of the molecule is CCCC[C@H]1CCCC[C@H](C)[C@@H](O)c2cc(O)c(c(O)c2)[C@@H](CCCC)CCCC[C@H](C)[C@@H](OC(C)=O)c2cc(O)c1c(O)c2. The summed E-state index contributed by atoms with van der Waals surface area (Å²) < 4.78 is 5.77. The lowest BCUT2D eigenvalue weighted by molar-refractivity contribution is -0.149. The molecule has 6 atom stereocenters. The first-order valence-electron chi connectivity index (χ1n) is 17.4. The van der Waals surface area contributed by atoms with E-state index in [0.29, 0.717) is 22.3 Å². The van der Waals surface area contributed by atoms with Crippen molar-refractivity contribution in [3.8, 4) is 23.0 Å². The molecule has 0 unspecified atom stereocenters. The summed E-state index contributed by atoms with van der Waals surface area (Å²) in [5.41, 5.74) is 2.23. The van der Waals surface area contributed by atoms with Gasteiger partial charge in [0, 0.05) is 23.6 Å². The molecule has 0 fully saturated rings. The van der Waals surface area contributed by atoms with Gasteiger partial charge in [-0.25, -0.2) is 0 Å². The Labute approximate surface area is 270 Å². The van der Waals surface area contributed by atoms with Crippen LogP contribution in [0.4, 0.5) is 0 Å². The minimum Gasteiger partial charge on any atom is -0.508 e. The van der Waals surface area contributed by atoms with Crippen LogP contribution in [0.15, 0.2) is 24.3 Å². The number of aromatic hydroxyl groups is 4. The highest BCUT2D eigenvalue weighted by molar-refractivity contribution is 5.66. The lowest BCUT2D eigenvalue weighted by Crippen LogP contribution is -2.17. The standard InChI is InChI=1S/C38H58O7/c1-6-8-16-27-19-13-11-15-25(4)38(45-26(5)39)30-22-33(42)36(34(43)23-30)28(17-9-7-2)18-12-10-14-24(3)37(44)29-20-31(40)35(27)32(41)21-29/h20-25,27-28,37-38,40-44H,6-19H2,1-5H3/t24-,25-,27-,28-,37+,38+/m0/s1. The smallest absolute Gasteiger partial charge is 0.303 e. The number of ether oxygens (including phenoxy) is 1. The molecule has 7 nitrogen and oxygen atoms in total. The number of aliphatic hydroxyl groups is 1. The number of esters is 1. The molecule has 4 aliphatic carbocycles. The number of aliphatic hydroxyl groups excluding tert-OH is 1. The van der Waals surface area contributed by atoms with Gasteiger partial charge in [-0.05, 0) is 92.0 Å². The summed E-state index contributed by atoms with van der Waals surface area (Å²) in [7, 11) is 0. The Kier molecular flexibility index (Phi) is 14.4. The largest absolute Gasteiger partial charge is 0.508 e. The molecule has 2 aromatic carbocycles. The van der Waals surface area contributed by atoms with Crippen molar-refractivity contribution in [3.63, 3.8) is 0 Å². The number of unbranched alkanes of at least 4 members (excludes halogenated alkanes) is 2. The van der Waals surface area contributed by atoms with Crippen LogP contribution in [0.2, 0.25) is 0 Å². The van der Waals surface area contributed by atoms with E-state index in [1.165, 1.54) is 6.92 Å². The molecular weight excluding hydrogens is 568 g/mol. The van der Waals surface area contributed by atoms with Crippen molar-refractivity contribution in [2.24, 2.45) is 11.8 Å². The van der Waals surface area contributed by atoms with Gasteiger partial charge in [-0.1, -0.05) is 79.1 Å². The predicted molar refractivity (Wildman–Crippen MR) is 179 cm³/mol. The monoisotopic (exact) mass is 626 g/mol. The highest BCUT2D eigenvalue weighted by atomic mass is 16.5. The van der Waals surface area contributed by atoms with Gasteiger partial charge in [0.15, 0.2) is 0 Å². The first-order valence-corrected chi connectivity index (χ1v) is 17.4. The molecule has 5 N–H and O–H groups in total. The second-order valence-electron chi connectivity index (χ2n) is 13.6. The van der Waals surface area contributed by atoms with Crippen LogP contribution in [0.3, 0.4) is 0 Å². The summed E-state index contributed by atoms with van der Waals surface area (Å²) in [5.74, 6) is -0.425. The fourth-order valence-electron chi connectivity index (χ4n) is 7.27. The lowest BCUT2D eigenvalue weighted by atomic mass is 9.83. The van der Waals surface area contributed by atoms with Crippen LogP contribution in [0, 0.1) is 11.8 Å². The molecule has 0 aromatic heterocycles. The van der Waals surface area contributed by atoms with E-state index in [1.807, 2.05) is 13.8 Å². The van der Waals surface area contributed by atoms with E-state index in [4.69, 9.17) is 4.74 Å². The number of hydrogen-bond acceptors (Lipinski definition) is 7. The van der Waals surface area contributed by atoms with Gasteiger partial charge < -0.3 is 30.3 Å². The second-order valence-corrected chi connectivity index (χ2v) is 13.6. The Morgan fingerprint density at radius 1 is 0.689 bits per heavy atom. The van der Waals surface area contributed by atoms with E-state index in [2.05, 4.69) is 13.8 Å². The Morgan fingerprint density at radius 2 is 1.09 bits per heavy atom. The average molecular weight is 627 g/mol. The molecule has 6 rings (SSSR count). The van der Waals surface area contributed by atoms with Crippen molar-refractivity contribution in [3.05, 3.63) is 46.5 Å². The first-order chi connectivity index (χ1) is 21.5. The van der Waals surface area contributed by atoms with Crippen molar-refractivity contribution in [2.75, 3.05) is 0 Å². The van der Waals surface area contributed by atoms with Gasteiger partial charge in [0.1, 0.15) is 29.1 Å². The second kappa shape index (κ2) is 17.7. The van der Waals surface area contributed by atoms with Gasteiger partial charge in [-0.2, -0.15) is 0 Å². The van der Waals surface area contributed by atoms with Crippen molar-refractivity contribution >= 4 is 5.97 Å². The van der Waals surface area contributed by atoms with E-state index in [1.54, 1.807) is 24.3 Å². The van der Waals surface area contributed by atoms with Gasteiger partial charge in [0.05, 0.1) is 6.10 Å². The number of phenols is 4. The molecule has 0 amide bonds. The fourth-order valence-corrected chi connectivity index (χ4v) is 7.27. The maximum atomic E-state index is 12.1. The molecule has 7 heteroatoms. The zero-order chi connectivity index (χ0) is 33.1. The minimum atomic E-state index is -0.814. The molecular formula is C38H58O7. The van der Waals surface area contributed by atoms with Crippen LogP contribution in [0.1, 0.15) is 171 Å². The highest BCUT2D eigenvalue weighted by Gasteiger charge is 2.28. The lowest BCUT2D eigenvalue weighted by Gasteiger charge is -2.27. The Balaban J connectivity index is 1.98. The molecule has 45 heavy (non-hydrogen) atoms. The molecule has 0 saturated heterocycles. The highest BCUT2D eigenvalue weighted by Crippen LogP contribution is 2.45. The predicted octanol–water partition coefficient (Wildman–Crippen LogP) is 9.80. The average Bonchev–Trinajstić information content (AvgIpc) is 2.98. The van der Waals surface area contributed by atoms with E-state index in [0.717, 1.165) is 89.9 Å². The zero-order valence-electron chi connectivity index (χ0n) is 28.2. The number of carbonyl (C=O) groups is 1.